The van der Waals surface area contributed by atoms with Crippen LogP contribution in [0.3, 0.4) is 0 Å². The summed E-state index contributed by atoms with van der Waals surface area (Å²) in [6.45, 7) is 12.5. The maximum atomic E-state index is 13.7. The molecule has 0 N–H and O–H groups in total. The zero-order valence-corrected chi connectivity index (χ0v) is 25.5. The molecule has 9 heteroatoms. The van der Waals surface area contributed by atoms with Gasteiger partial charge in [0.1, 0.15) is 14.2 Å². The summed E-state index contributed by atoms with van der Waals surface area (Å²) in [5.74, 6) is -1.21. The molecule has 4 aliphatic rings. The maximum Gasteiger partial charge on any atom is 0.373 e. The van der Waals surface area contributed by atoms with Gasteiger partial charge < -0.3 is 14.8 Å². The van der Waals surface area contributed by atoms with Gasteiger partial charge >= 0.3 is 6.15 Å². The molecule has 0 bridgehead atoms. The Balaban J connectivity index is 0.00000102. The third kappa shape index (κ3) is 5.71. The fraction of sp³-hybridized carbons (Fsp3) is 0.382. The fourth-order valence-electron chi connectivity index (χ4n) is 6.18. The van der Waals surface area contributed by atoms with Gasteiger partial charge in [0.25, 0.3) is 0 Å². The number of nitrogens with zero attached hydrogens (tertiary/aromatic N) is 2. The molecule has 2 fully saturated rings. The topological polar surface area (TPSA) is 80.5 Å². The van der Waals surface area contributed by atoms with Crippen LogP contribution < -0.4 is 15.2 Å². The van der Waals surface area contributed by atoms with Gasteiger partial charge in [-0.3, -0.25) is 0 Å². The second-order valence-electron chi connectivity index (χ2n) is 12.8. The number of aromatic carboxylic acids is 1. The van der Waals surface area contributed by atoms with E-state index in [1.165, 1.54) is 10.4 Å². The van der Waals surface area contributed by atoms with Crippen molar-refractivity contribution in [1.29, 1.82) is 0 Å². The first-order valence-corrected chi connectivity index (χ1v) is 17.1. The van der Waals surface area contributed by atoms with E-state index in [2.05, 4.69) is 67.6 Å². The van der Waals surface area contributed by atoms with Crippen LogP contribution in [0.25, 0.3) is 5.57 Å². The van der Waals surface area contributed by atoms with Crippen molar-refractivity contribution >= 4 is 42.4 Å². The average Bonchev–Trinajstić information content (AvgIpc) is 2.89. The lowest BCUT2D eigenvalue weighted by Crippen LogP contribution is -2.52. The van der Waals surface area contributed by atoms with Crippen molar-refractivity contribution in [3.8, 4) is 0 Å². The number of fused-ring (bicyclic) bond motifs is 2. The second-order valence-corrected chi connectivity index (χ2v) is 17.2. The summed E-state index contributed by atoms with van der Waals surface area (Å²) in [7, 11) is -2.29. The molecule has 3 heterocycles. The summed E-state index contributed by atoms with van der Waals surface area (Å²) in [6.07, 6.45) is 4.94. The molecule has 226 valence electrons. The summed E-state index contributed by atoms with van der Waals surface area (Å²) >= 11 is 0. The van der Waals surface area contributed by atoms with Gasteiger partial charge in [-0.05, 0) is 67.9 Å². The van der Waals surface area contributed by atoms with E-state index in [4.69, 9.17) is 9.59 Å². The van der Waals surface area contributed by atoms with Crippen molar-refractivity contribution in [2.45, 2.75) is 59.1 Å². The van der Waals surface area contributed by atoms with Crippen LogP contribution in [0.5, 0.6) is 0 Å². The minimum absolute atomic E-state index is 0. The normalized spacial score (nSPS) is 20.3. The number of anilines is 1. The number of alkyl halides is 2. The zero-order valence-electron chi connectivity index (χ0n) is 24.5. The third-order valence-electron chi connectivity index (χ3n) is 8.67. The average molecular weight is 605 g/mol. The van der Waals surface area contributed by atoms with Gasteiger partial charge in [-0.2, -0.15) is 9.59 Å². The van der Waals surface area contributed by atoms with Crippen LogP contribution in [-0.4, -0.2) is 69.0 Å². The molecule has 3 aliphatic heterocycles. The van der Waals surface area contributed by atoms with Crippen molar-refractivity contribution in [1.82, 2.24) is 0 Å². The number of benzene rings is 2. The lowest BCUT2D eigenvalue weighted by molar-refractivity contribution is -0.599. The largest absolute Gasteiger partial charge is 0.545 e. The van der Waals surface area contributed by atoms with Gasteiger partial charge in [-0.15, -0.1) is 0 Å². The quantitative estimate of drug-likeness (QED) is 0.389. The lowest BCUT2D eigenvalue weighted by Gasteiger charge is -2.41. The SMILES string of the molecule is C.CC(C)(C)c1ccc(C(=O)[O-])c(C2=C3C=CC(=[N+]4CC(F)C4)C=C3[Si](C)(C)c3cc(N4CC(F)C4)ccc32)c1.O=C=O. The van der Waals surface area contributed by atoms with E-state index in [-0.39, 0.29) is 24.6 Å². The number of carbonyl (C=O) groups excluding carboxylic acids is 3. The Labute approximate surface area is 252 Å². The number of hydrogen-bond donors (Lipinski definition) is 0. The van der Waals surface area contributed by atoms with Crippen LogP contribution in [0.4, 0.5) is 14.5 Å². The van der Waals surface area contributed by atoms with Gasteiger partial charge in [0, 0.05) is 23.4 Å². The van der Waals surface area contributed by atoms with E-state index in [1.807, 2.05) is 24.3 Å². The van der Waals surface area contributed by atoms with Gasteiger partial charge in [-0.1, -0.05) is 59.5 Å². The van der Waals surface area contributed by atoms with Crippen LogP contribution >= 0.6 is 0 Å². The Bertz CT molecular complexity index is 1630. The number of hydrogen-bond acceptors (Lipinski definition) is 5. The Kier molecular flexibility index (Phi) is 8.64. The van der Waals surface area contributed by atoms with Gasteiger partial charge in [0.15, 0.2) is 18.8 Å². The highest BCUT2D eigenvalue weighted by molar-refractivity contribution is 6.98. The van der Waals surface area contributed by atoms with E-state index >= 15 is 0 Å². The molecule has 0 unspecified atom stereocenters. The molecule has 6 nitrogen and oxygen atoms in total. The summed E-state index contributed by atoms with van der Waals surface area (Å²) in [4.78, 5) is 30.7. The van der Waals surface area contributed by atoms with E-state index in [9.17, 15) is 18.7 Å². The Hall–Kier alpha value is -3.94. The first-order chi connectivity index (χ1) is 19.8. The van der Waals surface area contributed by atoms with Crippen LogP contribution in [-0.2, 0) is 15.0 Å². The lowest BCUT2D eigenvalue weighted by atomic mass is 9.81. The zero-order chi connectivity index (χ0) is 30.6. The maximum absolute atomic E-state index is 13.7. The highest BCUT2D eigenvalue weighted by Crippen LogP contribution is 2.44. The van der Waals surface area contributed by atoms with Crippen LogP contribution in [0, 0.1) is 0 Å². The van der Waals surface area contributed by atoms with Crippen molar-refractivity contribution in [2.75, 3.05) is 31.1 Å². The monoisotopic (exact) mass is 604 g/mol. The molecule has 2 aromatic rings. The summed E-state index contributed by atoms with van der Waals surface area (Å²) in [5, 5.41) is 14.8. The first-order valence-electron chi connectivity index (χ1n) is 14.1. The molecular weight excluding hydrogens is 566 g/mol. The summed E-state index contributed by atoms with van der Waals surface area (Å²) in [6, 6.07) is 11.9. The molecule has 2 saturated heterocycles. The van der Waals surface area contributed by atoms with Crippen molar-refractivity contribution in [2.24, 2.45) is 0 Å². The van der Waals surface area contributed by atoms with Crippen LogP contribution in [0.15, 0.2) is 65.4 Å². The molecule has 0 radical (unpaired) electrons. The van der Waals surface area contributed by atoms with E-state index < -0.39 is 26.4 Å². The summed E-state index contributed by atoms with van der Waals surface area (Å²) < 4.78 is 29.5. The molecule has 0 saturated carbocycles. The van der Waals surface area contributed by atoms with Crippen molar-refractivity contribution in [3.05, 3.63) is 87.6 Å². The van der Waals surface area contributed by atoms with E-state index in [0.717, 1.165) is 33.7 Å². The molecule has 2 aromatic carbocycles. The fourth-order valence-corrected chi connectivity index (χ4v) is 9.25. The molecule has 6 rings (SSSR count). The number of rotatable bonds is 3. The number of allylic oxidation sites excluding steroid dienone is 5. The number of carbonyl (C=O) groups is 1. The first kappa shape index (κ1) is 32.0. The highest BCUT2D eigenvalue weighted by Gasteiger charge is 2.42. The Morgan fingerprint density at radius 1 is 1.00 bits per heavy atom. The van der Waals surface area contributed by atoms with Crippen molar-refractivity contribution < 1.29 is 32.8 Å². The summed E-state index contributed by atoms with van der Waals surface area (Å²) in [5.41, 5.74) is 6.59. The van der Waals surface area contributed by atoms with Gasteiger partial charge in [0.05, 0.1) is 19.1 Å². The Morgan fingerprint density at radius 3 is 2.21 bits per heavy atom. The molecule has 1 aliphatic carbocycles. The molecule has 0 aromatic heterocycles. The van der Waals surface area contributed by atoms with E-state index in [0.29, 0.717) is 31.7 Å². The van der Waals surface area contributed by atoms with Gasteiger partial charge in [0.2, 0.25) is 6.17 Å². The van der Waals surface area contributed by atoms with Crippen LogP contribution in [0.1, 0.15) is 55.2 Å². The molecule has 0 atom stereocenters. The minimum Gasteiger partial charge on any atom is -0.545 e. The predicted octanol–water partition coefficient (Wildman–Crippen LogP) is 4.13. The molecule has 43 heavy (non-hydrogen) atoms. The van der Waals surface area contributed by atoms with Crippen molar-refractivity contribution in [3.63, 3.8) is 0 Å². The van der Waals surface area contributed by atoms with Crippen LogP contribution in [0.2, 0.25) is 13.1 Å². The molecular formula is C34H38F2N2O4Si. The molecule has 0 spiro atoms. The second kappa shape index (κ2) is 11.6. The predicted molar refractivity (Wildman–Crippen MR) is 165 cm³/mol. The Morgan fingerprint density at radius 2 is 1.65 bits per heavy atom. The highest BCUT2D eigenvalue weighted by atomic mass is 28.3. The van der Waals surface area contributed by atoms with Gasteiger partial charge in [-0.25, -0.2) is 13.4 Å². The smallest absolute Gasteiger partial charge is 0.373 e. The van der Waals surface area contributed by atoms with E-state index in [1.54, 1.807) is 6.07 Å². The third-order valence-corrected chi connectivity index (χ3v) is 12.2. The standard InChI is InChI=1S/C32H34F2N2O2Si.CO2.CH4/c1-32(2,3)19-6-9-24(31(37)38)27(12-19)30-25-10-7-22(35-15-20(33)16-35)13-28(25)39(4,5)29-14-23(8-11-26(29)30)36-17-21(34)18-36;2-1-3;/h6-14,20-21H,15-18H2,1-5H3;;1H4. The number of carboxylic acid groups (broad SMARTS) is 1. The molecule has 0 amide bonds. The number of carboxylic acids is 1. The minimum atomic E-state index is -2.29. The number of halogens is 2.